The normalized spacial score (nSPS) is 14.4. The lowest BCUT2D eigenvalue weighted by Crippen LogP contribution is -2.15. The van der Waals surface area contributed by atoms with Crippen molar-refractivity contribution in [2.75, 3.05) is 6.61 Å². The van der Waals surface area contributed by atoms with Crippen molar-refractivity contribution in [2.24, 2.45) is 5.73 Å². The molecule has 1 rings (SSSR count). The predicted molar refractivity (Wildman–Crippen MR) is 57.2 cm³/mol. The van der Waals surface area contributed by atoms with Gasteiger partial charge < -0.3 is 15.2 Å². The molecule has 2 atom stereocenters. The van der Waals surface area contributed by atoms with Gasteiger partial charge in [0.15, 0.2) is 0 Å². The Hall–Kier alpha value is -1.27. The SMILES string of the molecule is NC(CO[PH](=O)O)c1ccc([N+](=O)[O-])cc1. The van der Waals surface area contributed by atoms with E-state index in [0.717, 1.165) is 0 Å². The van der Waals surface area contributed by atoms with Crippen LogP contribution >= 0.6 is 8.25 Å². The Bertz CT molecular complexity index is 394. The first-order chi connectivity index (χ1) is 7.50. The third kappa shape index (κ3) is 3.71. The smallest absolute Gasteiger partial charge is 0.316 e. The van der Waals surface area contributed by atoms with Crippen LogP contribution < -0.4 is 5.73 Å². The Morgan fingerprint density at radius 2 is 2.06 bits per heavy atom. The number of hydrogen-bond donors (Lipinski definition) is 2. The monoisotopic (exact) mass is 246 g/mol. The van der Waals surface area contributed by atoms with Gasteiger partial charge in [0.25, 0.3) is 5.69 Å². The van der Waals surface area contributed by atoms with E-state index in [4.69, 9.17) is 10.6 Å². The molecule has 0 bridgehead atoms. The highest BCUT2D eigenvalue weighted by Gasteiger charge is 2.10. The molecule has 0 heterocycles. The minimum atomic E-state index is -3.00. The van der Waals surface area contributed by atoms with Crippen LogP contribution in [0.3, 0.4) is 0 Å². The van der Waals surface area contributed by atoms with Gasteiger partial charge in [-0.3, -0.25) is 14.7 Å². The summed E-state index contributed by atoms with van der Waals surface area (Å²) in [7, 11) is -3.00. The zero-order valence-corrected chi connectivity index (χ0v) is 9.20. The largest absolute Gasteiger partial charge is 0.326 e. The number of rotatable bonds is 5. The summed E-state index contributed by atoms with van der Waals surface area (Å²) in [6.07, 6.45) is 0. The summed E-state index contributed by atoms with van der Waals surface area (Å²) in [5, 5.41) is 10.4. The van der Waals surface area contributed by atoms with Crippen LogP contribution in [0.25, 0.3) is 0 Å². The van der Waals surface area contributed by atoms with Crippen LogP contribution in [0.15, 0.2) is 24.3 Å². The van der Waals surface area contributed by atoms with Gasteiger partial charge in [-0.05, 0) is 5.56 Å². The van der Waals surface area contributed by atoms with Crippen LogP contribution in [0.1, 0.15) is 11.6 Å². The minimum Gasteiger partial charge on any atom is -0.326 e. The van der Waals surface area contributed by atoms with E-state index >= 15 is 0 Å². The van der Waals surface area contributed by atoms with Crippen molar-refractivity contribution in [3.63, 3.8) is 0 Å². The van der Waals surface area contributed by atoms with Crippen molar-refractivity contribution in [3.8, 4) is 0 Å². The van der Waals surface area contributed by atoms with Crippen LogP contribution in [-0.4, -0.2) is 16.4 Å². The van der Waals surface area contributed by atoms with E-state index in [2.05, 4.69) is 4.52 Å². The summed E-state index contributed by atoms with van der Waals surface area (Å²) in [6, 6.07) is 5.03. The molecule has 0 amide bonds. The first-order valence-corrected chi connectivity index (χ1v) is 5.62. The van der Waals surface area contributed by atoms with Gasteiger partial charge in [-0.1, -0.05) is 12.1 Å². The molecule has 0 spiro atoms. The molecule has 0 fully saturated rings. The van der Waals surface area contributed by atoms with Gasteiger partial charge in [0.2, 0.25) is 0 Å². The standard InChI is InChI=1S/C8H11N2O5P/c9-8(5-15-16(13)14)6-1-3-7(4-2-6)10(11)12/h1-4,8,16H,5,9H2,(H,13,14). The highest BCUT2D eigenvalue weighted by atomic mass is 31.1. The van der Waals surface area contributed by atoms with Gasteiger partial charge in [-0.15, -0.1) is 0 Å². The maximum atomic E-state index is 10.4. The molecule has 0 aliphatic carbocycles. The van der Waals surface area contributed by atoms with Crippen LogP contribution in [0.4, 0.5) is 5.69 Å². The number of non-ortho nitro benzene ring substituents is 1. The molecule has 0 saturated carbocycles. The third-order valence-corrected chi connectivity index (χ3v) is 2.33. The first kappa shape index (κ1) is 12.8. The van der Waals surface area contributed by atoms with Gasteiger partial charge in [-0.2, -0.15) is 0 Å². The molecule has 1 aromatic carbocycles. The molecule has 16 heavy (non-hydrogen) atoms. The third-order valence-electron chi connectivity index (χ3n) is 1.92. The molecular weight excluding hydrogens is 235 g/mol. The van der Waals surface area contributed by atoms with Crippen LogP contribution in [0, 0.1) is 10.1 Å². The maximum absolute atomic E-state index is 10.4. The average Bonchev–Trinajstić information content (AvgIpc) is 2.26. The zero-order valence-electron chi connectivity index (χ0n) is 8.20. The number of hydrogen-bond acceptors (Lipinski definition) is 5. The van der Waals surface area contributed by atoms with Gasteiger partial charge in [-0.25, -0.2) is 0 Å². The molecule has 2 unspecified atom stereocenters. The number of nitro groups is 1. The molecule has 0 aliphatic heterocycles. The van der Waals surface area contributed by atoms with E-state index in [-0.39, 0.29) is 12.3 Å². The lowest BCUT2D eigenvalue weighted by Gasteiger charge is -2.10. The lowest BCUT2D eigenvalue weighted by molar-refractivity contribution is -0.384. The van der Waals surface area contributed by atoms with E-state index < -0.39 is 19.2 Å². The molecule has 7 nitrogen and oxygen atoms in total. The van der Waals surface area contributed by atoms with Gasteiger partial charge in [0, 0.05) is 12.1 Å². The van der Waals surface area contributed by atoms with E-state index in [0.29, 0.717) is 5.56 Å². The summed E-state index contributed by atoms with van der Waals surface area (Å²) in [4.78, 5) is 18.3. The lowest BCUT2D eigenvalue weighted by atomic mass is 10.1. The molecule has 3 N–H and O–H groups in total. The Balaban J connectivity index is 2.66. The van der Waals surface area contributed by atoms with Crippen LogP contribution in [0.5, 0.6) is 0 Å². The Labute approximate surface area is 91.9 Å². The number of benzene rings is 1. The van der Waals surface area contributed by atoms with Gasteiger partial charge in [0.1, 0.15) is 0 Å². The van der Waals surface area contributed by atoms with Gasteiger partial charge >= 0.3 is 8.25 Å². The highest BCUT2D eigenvalue weighted by molar-refractivity contribution is 7.32. The van der Waals surface area contributed by atoms with Crippen molar-refractivity contribution >= 4 is 13.9 Å². The highest BCUT2D eigenvalue weighted by Crippen LogP contribution is 2.20. The van der Waals surface area contributed by atoms with E-state index in [1.807, 2.05) is 0 Å². The van der Waals surface area contributed by atoms with Crippen molar-refractivity contribution in [2.45, 2.75) is 6.04 Å². The maximum Gasteiger partial charge on any atom is 0.316 e. The van der Waals surface area contributed by atoms with Crippen molar-refractivity contribution < 1.29 is 18.9 Å². The number of nitrogens with zero attached hydrogens (tertiary/aromatic N) is 1. The molecule has 0 aliphatic rings. The fourth-order valence-electron chi connectivity index (χ4n) is 1.10. The minimum absolute atomic E-state index is 0.0346. The Kier molecular flexibility index (Phi) is 4.57. The second-order valence-electron chi connectivity index (χ2n) is 3.03. The van der Waals surface area contributed by atoms with Crippen LogP contribution in [0.2, 0.25) is 0 Å². The molecule has 0 radical (unpaired) electrons. The van der Waals surface area contributed by atoms with Crippen LogP contribution in [-0.2, 0) is 9.09 Å². The zero-order chi connectivity index (χ0) is 12.1. The second-order valence-corrected chi connectivity index (χ2v) is 3.85. The topological polar surface area (TPSA) is 116 Å². The molecule has 88 valence electrons. The summed E-state index contributed by atoms with van der Waals surface area (Å²) >= 11 is 0. The first-order valence-electron chi connectivity index (χ1n) is 4.36. The molecule has 1 aromatic rings. The Morgan fingerprint density at radius 1 is 1.50 bits per heavy atom. The van der Waals surface area contributed by atoms with Crippen molar-refractivity contribution in [1.82, 2.24) is 0 Å². The summed E-state index contributed by atoms with van der Waals surface area (Å²) in [5.74, 6) is 0. The fraction of sp³-hybridized carbons (Fsp3) is 0.250. The number of nitrogens with two attached hydrogens (primary N) is 1. The van der Waals surface area contributed by atoms with E-state index in [1.165, 1.54) is 24.3 Å². The predicted octanol–water partition coefficient (Wildman–Crippen LogP) is 0.993. The molecular formula is C8H11N2O5P. The molecule has 0 saturated heterocycles. The van der Waals surface area contributed by atoms with Crippen molar-refractivity contribution in [3.05, 3.63) is 39.9 Å². The average molecular weight is 246 g/mol. The fourth-order valence-corrected chi connectivity index (χ4v) is 1.42. The summed E-state index contributed by atoms with van der Waals surface area (Å²) in [5.41, 5.74) is 6.21. The molecule has 0 aromatic heterocycles. The number of nitro benzene ring substituents is 1. The molecule has 8 heteroatoms. The van der Waals surface area contributed by atoms with Gasteiger partial charge in [0.05, 0.1) is 17.6 Å². The quantitative estimate of drug-likeness (QED) is 0.454. The van der Waals surface area contributed by atoms with E-state index in [1.54, 1.807) is 0 Å². The van der Waals surface area contributed by atoms with E-state index in [9.17, 15) is 14.7 Å². The summed E-state index contributed by atoms with van der Waals surface area (Å²) < 4.78 is 14.8. The summed E-state index contributed by atoms with van der Waals surface area (Å²) in [6.45, 7) is -0.105. The Morgan fingerprint density at radius 3 is 2.50 bits per heavy atom. The second kappa shape index (κ2) is 5.72. The van der Waals surface area contributed by atoms with Crippen molar-refractivity contribution in [1.29, 1.82) is 0 Å².